The fraction of sp³-hybridized carbons (Fsp3) is 0.600. The van der Waals surface area contributed by atoms with E-state index in [1.165, 1.54) is 5.57 Å². The molecule has 2 unspecified atom stereocenters. The Kier molecular flexibility index (Phi) is 5.54. The van der Waals surface area contributed by atoms with Gasteiger partial charge in [-0.3, -0.25) is 4.79 Å². The number of piperidine rings is 1. The Morgan fingerprint density at radius 3 is 2.92 bits per heavy atom. The van der Waals surface area contributed by atoms with Crippen LogP contribution in [0.5, 0.6) is 0 Å². The van der Waals surface area contributed by atoms with Gasteiger partial charge in [0, 0.05) is 13.0 Å². The first-order valence-electron chi connectivity index (χ1n) is 9.21. The summed E-state index contributed by atoms with van der Waals surface area (Å²) in [5.74, 6) is -0.282. The van der Waals surface area contributed by atoms with Gasteiger partial charge in [-0.2, -0.15) is 0 Å². The number of carboxylic acids is 1. The van der Waals surface area contributed by atoms with E-state index in [1.54, 1.807) is 10.5 Å². The van der Waals surface area contributed by atoms with E-state index >= 15 is 0 Å². The molecule has 2 aliphatic carbocycles. The van der Waals surface area contributed by atoms with Crippen LogP contribution in [-0.4, -0.2) is 34.5 Å². The third-order valence-electron chi connectivity index (χ3n) is 5.60. The van der Waals surface area contributed by atoms with Crippen molar-refractivity contribution in [3.8, 4) is 0 Å². The van der Waals surface area contributed by atoms with Crippen molar-refractivity contribution in [2.75, 3.05) is 6.54 Å². The summed E-state index contributed by atoms with van der Waals surface area (Å²) < 4.78 is 0. The molecule has 0 aromatic carbocycles. The fourth-order valence-electron chi connectivity index (χ4n) is 4.18. The zero-order valence-electron chi connectivity index (χ0n) is 14.2. The van der Waals surface area contributed by atoms with Crippen molar-refractivity contribution >= 4 is 11.9 Å². The van der Waals surface area contributed by atoms with Crippen molar-refractivity contribution in [1.29, 1.82) is 0 Å². The minimum absolute atomic E-state index is 0.0277. The number of amides is 1. The first-order valence-corrected chi connectivity index (χ1v) is 9.21. The molecule has 24 heavy (non-hydrogen) atoms. The van der Waals surface area contributed by atoms with Crippen LogP contribution in [-0.2, 0) is 9.59 Å². The fourth-order valence-corrected chi connectivity index (χ4v) is 4.18. The first kappa shape index (κ1) is 17.0. The van der Waals surface area contributed by atoms with Gasteiger partial charge in [-0.05, 0) is 62.9 Å². The monoisotopic (exact) mass is 329 g/mol. The van der Waals surface area contributed by atoms with E-state index in [0.717, 1.165) is 44.9 Å². The Morgan fingerprint density at radius 2 is 2.08 bits per heavy atom. The predicted octanol–water partition coefficient (Wildman–Crippen LogP) is 3.85. The Labute approximate surface area is 143 Å². The maximum absolute atomic E-state index is 12.5. The lowest BCUT2D eigenvalue weighted by atomic mass is 9.80. The molecule has 1 amide bonds. The highest BCUT2D eigenvalue weighted by Gasteiger charge is 2.32. The standard InChI is InChI=1S/C20H27NO3/c22-19(21-13-5-4-8-18(21)20(23)24)12-10-15-9-11-16-6-2-1-3-7-17(16)14-15/h1-3,7,15,18H,4-6,8-14H2,(H,23,24). The topological polar surface area (TPSA) is 57.6 Å². The van der Waals surface area contributed by atoms with Crippen molar-refractivity contribution in [2.24, 2.45) is 5.92 Å². The van der Waals surface area contributed by atoms with Gasteiger partial charge in [-0.25, -0.2) is 4.79 Å². The molecule has 3 rings (SSSR count). The lowest BCUT2D eigenvalue weighted by Gasteiger charge is -2.33. The summed E-state index contributed by atoms with van der Waals surface area (Å²) in [4.78, 5) is 25.5. The number of carbonyl (C=O) groups excluding carboxylic acids is 1. The number of hydrogen-bond acceptors (Lipinski definition) is 2. The quantitative estimate of drug-likeness (QED) is 0.852. The lowest BCUT2D eigenvalue weighted by Crippen LogP contribution is -2.48. The summed E-state index contributed by atoms with van der Waals surface area (Å²) >= 11 is 0. The number of hydrogen-bond donors (Lipinski definition) is 1. The highest BCUT2D eigenvalue weighted by atomic mass is 16.4. The average Bonchev–Trinajstić information content (AvgIpc) is 2.84. The van der Waals surface area contributed by atoms with E-state index in [9.17, 15) is 14.7 Å². The number of likely N-dealkylation sites (tertiary alicyclic amines) is 1. The maximum Gasteiger partial charge on any atom is 0.326 e. The summed E-state index contributed by atoms with van der Waals surface area (Å²) in [6, 6.07) is -0.609. The van der Waals surface area contributed by atoms with Crippen molar-refractivity contribution in [3.63, 3.8) is 0 Å². The van der Waals surface area contributed by atoms with E-state index in [4.69, 9.17) is 0 Å². The molecule has 0 radical (unpaired) electrons. The highest BCUT2D eigenvalue weighted by Crippen LogP contribution is 2.35. The van der Waals surface area contributed by atoms with Crippen LogP contribution >= 0.6 is 0 Å². The van der Waals surface area contributed by atoms with Gasteiger partial charge in [0.25, 0.3) is 0 Å². The molecule has 130 valence electrons. The third kappa shape index (κ3) is 3.97. The van der Waals surface area contributed by atoms with Gasteiger partial charge in [0.2, 0.25) is 5.91 Å². The largest absolute Gasteiger partial charge is 0.480 e. The van der Waals surface area contributed by atoms with Crippen LogP contribution in [0.3, 0.4) is 0 Å². The van der Waals surface area contributed by atoms with Crippen LogP contribution < -0.4 is 0 Å². The van der Waals surface area contributed by atoms with Crippen molar-refractivity contribution in [3.05, 3.63) is 35.5 Å². The minimum atomic E-state index is -0.855. The van der Waals surface area contributed by atoms with E-state index in [0.29, 0.717) is 25.3 Å². The van der Waals surface area contributed by atoms with Gasteiger partial charge in [0.15, 0.2) is 0 Å². The molecule has 1 heterocycles. The van der Waals surface area contributed by atoms with Crippen LogP contribution in [0, 0.1) is 5.92 Å². The highest BCUT2D eigenvalue weighted by molar-refractivity contribution is 5.83. The molecule has 3 aliphatic rings. The van der Waals surface area contributed by atoms with E-state index in [2.05, 4.69) is 24.3 Å². The molecular weight excluding hydrogens is 302 g/mol. The van der Waals surface area contributed by atoms with Gasteiger partial charge < -0.3 is 10.0 Å². The van der Waals surface area contributed by atoms with Gasteiger partial charge >= 0.3 is 5.97 Å². The molecule has 0 spiro atoms. The van der Waals surface area contributed by atoms with Crippen LogP contribution in [0.4, 0.5) is 0 Å². The third-order valence-corrected chi connectivity index (χ3v) is 5.60. The summed E-state index contributed by atoms with van der Waals surface area (Å²) in [7, 11) is 0. The van der Waals surface area contributed by atoms with E-state index in [1.807, 2.05) is 0 Å². The zero-order valence-corrected chi connectivity index (χ0v) is 14.2. The Hall–Kier alpha value is -1.84. The van der Waals surface area contributed by atoms with Gasteiger partial charge in [-0.15, -0.1) is 0 Å². The zero-order chi connectivity index (χ0) is 16.9. The number of rotatable bonds is 4. The smallest absolute Gasteiger partial charge is 0.326 e. The van der Waals surface area contributed by atoms with Gasteiger partial charge in [0.05, 0.1) is 0 Å². The van der Waals surface area contributed by atoms with Gasteiger partial charge in [-0.1, -0.05) is 29.9 Å². The van der Waals surface area contributed by atoms with E-state index in [-0.39, 0.29) is 5.91 Å². The van der Waals surface area contributed by atoms with Crippen LogP contribution in [0.15, 0.2) is 35.5 Å². The minimum Gasteiger partial charge on any atom is -0.480 e. The summed E-state index contributed by atoms with van der Waals surface area (Å²) in [5.41, 5.74) is 3.00. The number of carbonyl (C=O) groups is 2. The summed E-state index contributed by atoms with van der Waals surface area (Å²) in [5, 5.41) is 9.32. The SMILES string of the molecule is O=C(O)C1CCCCN1C(=O)CCC1CCC2=C(C=CC=CC2)C1. The van der Waals surface area contributed by atoms with Crippen molar-refractivity contribution < 1.29 is 14.7 Å². The molecule has 1 fully saturated rings. The number of allylic oxidation sites excluding steroid dienone is 6. The molecule has 1 saturated heterocycles. The van der Waals surface area contributed by atoms with Crippen LogP contribution in [0.1, 0.15) is 57.8 Å². The Bertz CT molecular complexity index is 588. The molecule has 4 nitrogen and oxygen atoms in total. The van der Waals surface area contributed by atoms with Gasteiger partial charge in [0.1, 0.15) is 6.04 Å². The Morgan fingerprint density at radius 1 is 1.21 bits per heavy atom. The summed E-state index contributed by atoms with van der Waals surface area (Å²) in [6.45, 7) is 0.601. The van der Waals surface area contributed by atoms with E-state index < -0.39 is 12.0 Å². The molecular formula is C20H27NO3. The predicted molar refractivity (Wildman–Crippen MR) is 93.5 cm³/mol. The normalized spacial score (nSPS) is 26.9. The molecule has 0 saturated carbocycles. The Balaban J connectivity index is 1.53. The molecule has 0 aromatic rings. The van der Waals surface area contributed by atoms with Crippen LogP contribution in [0.25, 0.3) is 0 Å². The lowest BCUT2D eigenvalue weighted by molar-refractivity contribution is -0.152. The van der Waals surface area contributed by atoms with Crippen LogP contribution in [0.2, 0.25) is 0 Å². The van der Waals surface area contributed by atoms with Crippen molar-refractivity contribution in [1.82, 2.24) is 4.90 Å². The molecule has 0 bridgehead atoms. The second kappa shape index (κ2) is 7.82. The molecule has 1 aliphatic heterocycles. The molecule has 0 aromatic heterocycles. The second-order valence-corrected chi connectivity index (χ2v) is 7.20. The van der Waals surface area contributed by atoms with Crippen molar-refractivity contribution in [2.45, 2.75) is 63.8 Å². The number of carboxylic acid groups (broad SMARTS) is 1. The first-order chi connectivity index (χ1) is 11.6. The maximum atomic E-state index is 12.5. The molecule has 1 N–H and O–H groups in total. The molecule has 4 heteroatoms. The number of nitrogens with zero attached hydrogens (tertiary/aromatic N) is 1. The second-order valence-electron chi connectivity index (χ2n) is 7.20. The summed E-state index contributed by atoms with van der Waals surface area (Å²) in [6.07, 6.45) is 16.8. The molecule has 2 atom stereocenters. The number of aliphatic carboxylic acids is 1. The average molecular weight is 329 g/mol.